The largest absolute Gasteiger partial charge is 0.507 e. The van der Waals surface area contributed by atoms with E-state index in [9.17, 15) is 9.90 Å². The lowest BCUT2D eigenvalue weighted by molar-refractivity contribution is -0.117. The minimum atomic E-state index is -0.359. The summed E-state index contributed by atoms with van der Waals surface area (Å²) in [7, 11) is 0. The standard InChI is InChI=1S/C16H18N2O2/c17-11-13(10-12-6-4-5-9-15(12)19)16(20)18-14-7-2-1-3-8-14/h4-6,9-10,14,19H,1-3,7-8H2,(H,18,20)/b13-10+. The lowest BCUT2D eigenvalue weighted by Gasteiger charge is -2.22. The third-order valence-electron chi connectivity index (χ3n) is 3.54. The molecule has 4 nitrogen and oxygen atoms in total. The van der Waals surface area contributed by atoms with Crippen molar-refractivity contribution in [3.05, 3.63) is 35.4 Å². The maximum absolute atomic E-state index is 12.1. The summed E-state index contributed by atoms with van der Waals surface area (Å²) in [6.07, 6.45) is 6.83. The van der Waals surface area contributed by atoms with E-state index in [2.05, 4.69) is 5.32 Å². The van der Waals surface area contributed by atoms with Gasteiger partial charge in [0.25, 0.3) is 5.91 Å². The molecule has 1 fully saturated rings. The molecule has 2 N–H and O–H groups in total. The molecule has 4 heteroatoms. The number of phenolic OH excluding ortho intramolecular Hbond substituents is 1. The minimum Gasteiger partial charge on any atom is -0.507 e. The number of carbonyl (C=O) groups is 1. The molecular weight excluding hydrogens is 252 g/mol. The van der Waals surface area contributed by atoms with Crippen molar-refractivity contribution in [1.82, 2.24) is 5.32 Å². The molecule has 0 atom stereocenters. The van der Waals surface area contributed by atoms with E-state index in [1.807, 2.05) is 6.07 Å². The molecule has 20 heavy (non-hydrogen) atoms. The Morgan fingerprint density at radius 1 is 1.30 bits per heavy atom. The molecule has 0 bridgehead atoms. The van der Waals surface area contributed by atoms with Crippen molar-refractivity contribution < 1.29 is 9.90 Å². The number of aromatic hydroxyl groups is 1. The highest BCUT2D eigenvalue weighted by Crippen LogP contribution is 2.20. The van der Waals surface area contributed by atoms with E-state index >= 15 is 0 Å². The van der Waals surface area contributed by atoms with Crippen LogP contribution in [0.3, 0.4) is 0 Å². The van der Waals surface area contributed by atoms with E-state index in [0.29, 0.717) is 5.56 Å². The zero-order valence-electron chi connectivity index (χ0n) is 11.3. The van der Waals surface area contributed by atoms with Gasteiger partial charge >= 0.3 is 0 Å². The van der Waals surface area contributed by atoms with Crippen LogP contribution in [0.5, 0.6) is 5.75 Å². The summed E-state index contributed by atoms with van der Waals surface area (Å²) in [6.45, 7) is 0. The fourth-order valence-electron chi connectivity index (χ4n) is 2.42. The number of para-hydroxylation sites is 1. The van der Waals surface area contributed by atoms with Gasteiger partial charge in [0.15, 0.2) is 0 Å². The van der Waals surface area contributed by atoms with Crippen LogP contribution in [0.25, 0.3) is 6.08 Å². The van der Waals surface area contributed by atoms with Crippen molar-refractivity contribution in [2.24, 2.45) is 0 Å². The number of hydrogen-bond acceptors (Lipinski definition) is 3. The lowest BCUT2D eigenvalue weighted by Crippen LogP contribution is -2.36. The van der Waals surface area contributed by atoms with E-state index in [1.54, 1.807) is 18.2 Å². The van der Waals surface area contributed by atoms with E-state index in [0.717, 1.165) is 25.7 Å². The van der Waals surface area contributed by atoms with Gasteiger partial charge in [0.1, 0.15) is 17.4 Å². The van der Waals surface area contributed by atoms with Crippen molar-refractivity contribution in [3.8, 4) is 11.8 Å². The Labute approximate surface area is 118 Å². The van der Waals surface area contributed by atoms with Gasteiger partial charge in [-0.2, -0.15) is 5.26 Å². The third kappa shape index (κ3) is 3.61. The van der Waals surface area contributed by atoms with Gasteiger partial charge in [0.05, 0.1) is 0 Å². The van der Waals surface area contributed by atoms with Gasteiger partial charge in [0.2, 0.25) is 0 Å². The summed E-state index contributed by atoms with van der Waals surface area (Å²) in [5.41, 5.74) is 0.500. The van der Waals surface area contributed by atoms with Crippen molar-refractivity contribution in [3.63, 3.8) is 0 Å². The molecular formula is C16H18N2O2. The van der Waals surface area contributed by atoms with Crippen LogP contribution in [0.15, 0.2) is 29.8 Å². The van der Waals surface area contributed by atoms with E-state index in [1.165, 1.54) is 18.6 Å². The summed E-state index contributed by atoms with van der Waals surface area (Å²) in [4.78, 5) is 12.1. The number of hydrogen-bond donors (Lipinski definition) is 2. The number of carbonyl (C=O) groups excluding carboxylic acids is 1. The van der Waals surface area contributed by atoms with E-state index < -0.39 is 0 Å². The van der Waals surface area contributed by atoms with Crippen molar-refractivity contribution >= 4 is 12.0 Å². The first-order chi connectivity index (χ1) is 9.70. The average Bonchev–Trinajstić information content (AvgIpc) is 2.47. The van der Waals surface area contributed by atoms with Crippen LogP contribution in [-0.4, -0.2) is 17.1 Å². The quantitative estimate of drug-likeness (QED) is 0.655. The topological polar surface area (TPSA) is 73.1 Å². The SMILES string of the molecule is N#C/C(=C\c1ccccc1O)C(=O)NC1CCCCC1. The second-order valence-electron chi connectivity index (χ2n) is 5.04. The molecule has 1 amide bonds. The summed E-state index contributed by atoms with van der Waals surface area (Å²) >= 11 is 0. The number of nitrogens with zero attached hydrogens (tertiary/aromatic N) is 1. The average molecular weight is 270 g/mol. The van der Waals surface area contributed by atoms with Crippen LogP contribution in [0.2, 0.25) is 0 Å². The normalized spacial score (nSPS) is 16.4. The van der Waals surface area contributed by atoms with Gasteiger partial charge in [-0.05, 0) is 25.0 Å². The second kappa shape index (κ2) is 6.76. The number of rotatable bonds is 3. The molecule has 0 spiro atoms. The second-order valence-corrected chi connectivity index (χ2v) is 5.04. The fraction of sp³-hybridized carbons (Fsp3) is 0.375. The minimum absolute atomic E-state index is 0.0251. The molecule has 0 heterocycles. The molecule has 1 aromatic rings. The molecule has 0 saturated heterocycles. The molecule has 104 valence electrons. The highest BCUT2D eigenvalue weighted by Gasteiger charge is 2.18. The first-order valence-corrected chi connectivity index (χ1v) is 6.91. The zero-order chi connectivity index (χ0) is 14.4. The lowest BCUT2D eigenvalue weighted by atomic mass is 9.95. The first kappa shape index (κ1) is 14.1. The van der Waals surface area contributed by atoms with E-state index in [-0.39, 0.29) is 23.3 Å². The molecule has 0 aliphatic heterocycles. The molecule has 1 aliphatic carbocycles. The van der Waals surface area contributed by atoms with Crippen LogP contribution in [0.1, 0.15) is 37.7 Å². The summed E-state index contributed by atoms with van der Waals surface area (Å²) in [5.74, 6) is -0.298. The van der Waals surface area contributed by atoms with Gasteiger partial charge < -0.3 is 10.4 Å². The van der Waals surface area contributed by atoms with Crippen LogP contribution >= 0.6 is 0 Å². The number of nitrogens with one attached hydrogen (secondary N) is 1. The molecule has 1 aromatic carbocycles. The zero-order valence-corrected chi connectivity index (χ0v) is 11.3. The Morgan fingerprint density at radius 3 is 2.65 bits per heavy atom. The Kier molecular flexibility index (Phi) is 4.78. The summed E-state index contributed by atoms with van der Waals surface area (Å²) in [5, 5.41) is 21.7. The number of benzene rings is 1. The van der Waals surface area contributed by atoms with Crippen molar-refractivity contribution in [1.29, 1.82) is 5.26 Å². The first-order valence-electron chi connectivity index (χ1n) is 6.91. The third-order valence-corrected chi connectivity index (χ3v) is 3.54. The Balaban J connectivity index is 2.09. The van der Waals surface area contributed by atoms with Crippen molar-refractivity contribution in [2.75, 3.05) is 0 Å². The summed E-state index contributed by atoms with van der Waals surface area (Å²) in [6, 6.07) is 8.71. The maximum Gasteiger partial charge on any atom is 0.262 e. The molecule has 1 aliphatic rings. The van der Waals surface area contributed by atoms with Crippen LogP contribution in [0.4, 0.5) is 0 Å². The molecule has 0 unspecified atom stereocenters. The monoisotopic (exact) mass is 270 g/mol. The van der Waals surface area contributed by atoms with Gasteiger partial charge in [0, 0.05) is 11.6 Å². The number of nitriles is 1. The van der Waals surface area contributed by atoms with Gasteiger partial charge in [-0.3, -0.25) is 4.79 Å². The predicted molar refractivity (Wildman–Crippen MR) is 76.7 cm³/mol. The summed E-state index contributed by atoms with van der Waals surface area (Å²) < 4.78 is 0. The fourth-order valence-corrected chi connectivity index (χ4v) is 2.42. The number of phenols is 1. The van der Waals surface area contributed by atoms with Gasteiger partial charge in [-0.25, -0.2) is 0 Å². The highest BCUT2D eigenvalue weighted by molar-refractivity contribution is 6.02. The highest BCUT2D eigenvalue weighted by atomic mass is 16.3. The molecule has 0 aromatic heterocycles. The Morgan fingerprint density at radius 2 is 2.00 bits per heavy atom. The van der Waals surface area contributed by atoms with Gasteiger partial charge in [-0.1, -0.05) is 37.5 Å². The maximum atomic E-state index is 12.1. The number of amides is 1. The van der Waals surface area contributed by atoms with Crippen LogP contribution in [-0.2, 0) is 4.79 Å². The van der Waals surface area contributed by atoms with Crippen LogP contribution in [0, 0.1) is 11.3 Å². The van der Waals surface area contributed by atoms with E-state index in [4.69, 9.17) is 5.26 Å². The predicted octanol–water partition coefficient (Wildman–Crippen LogP) is 2.75. The molecule has 0 radical (unpaired) electrons. The molecule has 2 rings (SSSR count). The van der Waals surface area contributed by atoms with Crippen LogP contribution < -0.4 is 5.32 Å². The molecule has 1 saturated carbocycles. The van der Waals surface area contributed by atoms with Crippen molar-refractivity contribution in [2.45, 2.75) is 38.1 Å². The van der Waals surface area contributed by atoms with Gasteiger partial charge in [-0.15, -0.1) is 0 Å². The Hall–Kier alpha value is -2.28. The Bertz CT molecular complexity index is 552. The smallest absolute Gasteiger partial charge is 0.262 e.